The third kappa shape index (κ3) is 2.30. The molecule has 2 rings (SSSR count). The lowest BCUT2D eigenvalue weighted by Crippen LogP contribution is -2.30. The second-order valence-electron chi connectivity index (χ2n) is 4.27. The average Bonchev–Trinajstić information content (AvgIpc) is 2.39. The van der Waals surface area contributed by atoms with Crippen LogP contribution in [0.3, 0.4) is 0 Å². The van der Waals surface area contributed by atoms with Crippen molar-refractivity contribution in [3.8, 4) is 0 Å². The van der Waals surface area contributed by atoms with E-state index in [0.717, 1.165) is 6.54 Å². The van der Waals surface area contributed by atoms with Gasteiger partial charge in [0.2, 0.25) is 0 Å². The van der Waals surface area contributed by atoms with Crippen LogP contribution in [0, 0.1) is 0 Å². The molecule has 0 amide bonds. The van der Waals surface area contributed by atoms with Crippen molar-refractivity contribution in [1.29, 1.82) is 0 Å². The van der Waals surface area contributed by atoms with Gasteiger partial charge in [-0.05, 0) is 24.5 Å². The maximum absolute atomic E-state index is 5.90. The molecular formula is C14H19N3. The monoisotopic (exact) mass is 229 g/mol. The Bertz CT molecular complexity index is 490. The molecule has 0 bridgehead atoms. The van der Waals surface area contributed by atoms with Gasteiger partial charge in [-0.2, -0.15) is 0 Å². The second kappa shape index (κ2) is 5.25. The molecule has 1 heterocycles. The second-order valence-corrected chi connectivity index (χ2v) is 4.27. The zero-order valence-corrected chi connectivity index (χ0v) is 10.4. The molecule has 0 saturated carbocycles. The number of fused-ring (bicyclic) bond motifs is 1. The molecule has 0 aliphatic rings. The fraction of sp³-hybridized carbons (Fsp3) is 0.357. The number of nitrogens with zero attached hydrogens (tertiary/aromatic N) is 2. The topological polar surface area (TPSA) is 42.1 Å². The number of benzene rings is 1. The fourth-order valence-electron chi connectivity index (χ4n) is 2.17. The van der Waals surface area contributed by atoms with Crippen LogP contribution < -0.4 is 5.73 Å². The summed E-state index contributed by atoms with van der Waals surface area (Å²) in [7, 11) is 2.10. The van der Waals surface area contributed by atoms with Gasteiger partial charge in [0.1, 0.15) is 0 Å². The van der Waals surface area contributed by atoms with Crippen molar-refractivity contribution < 1.29 is 0 Å². The minimum Gasteiger partial charge on any atom is -0.329 e. The summed E-state index contributed by atoms with van der Waals surface area (Å²) in [5.74, 6) is 0. The SMILES string of the molecule is CCN(C)C(CN)c1cncc2ccccc12. The van der Waals surface area contributed by atoms with E-state index >= 15 is 0 Å². The lowest BCUT2D eigenvalue weighted by molar-refractivity contribution is 0.264. The van der Waals surface area contributed by atoms with E-state index in [1.165, 1.54) is 16.3 Å². The third-order valence-corrected chi connectivity index (χ3v) is 3.31. The molecule has 3 heteroatoms. The fourth-order valence-corrected chi connectivity index (χ4v) is 2.17. The molecule has 0 aliphatic heterocycles. The molecular weight excluding hydrogens is 210 g/mol. The lowest BCUT2D eigenvalue weighted by atomic mass is 10.0. The molecule has 2 N–H and O–H groups in total. The normalized spacial score (nSPS) is 13.2. The first-order valence-corrected chi connectivity index (χ1v) is 6.01. The molecule has 0 aliphatic carbocycles. The van der Waals surface area contributed by atoms with E-state index in [9.17, 15) is 0 Å². The molecule has 1 aromatic carbocycles. The van der Waals surface area contributed by atoms with Gasteiger partial charge in [0.25, 0.3) is 0 Å². The van der Waals surface area contributed by atoms with Crippen molar-refractivity contribution in [1.82, 2.24) is 9.88 Å². The Labute approximate surface area is 102 Å². The zero-order chi connectivity index (χ0) is 12.3. The first-order valence-electron chi connectivity index (χ1n) is 6.01. The van der Waals surface area contributed by atoms with Gasteiger partial charge >= 0.3 is 0 Å². The third-order valence-electron chi connectivity index (χ3n) is 3.31. The van der Waals surface area contributed by atoms with Gasteiger partial charge in [0, 0.05) is 30.4 Å². The molecule has 0 radical (unpaired) electrons. The molecule has 0 saturated heterocycles. The van der Waals surface area contributed by atoms with Crippen LogP contribution in [-0.2, 0) is 0 Å². The summed E-state index contributed by atoms with van der Waals surface area (Å²) < 4.78 is 0. The van der Waals surface area contributed by atoms with Crippen LogP contribution >= 0.6 is 0 Å². The van der Waals surface area contributed by atoms with Crippen LogP contribution in [0.4, 0.5) is 0 Å². The highest BCUT2D eigenvalue weighted by Gasteiger charge is 2.16. The minimum absolute atomic E-state index is 0.235. The van der Waals surface area contributed by atoms with Crippen LogP contribution in [0.15, 0.2) is 36.7 Å². The summed E-state index contributed by atoms with van der Waals surface area (Å²) in [5, 5.41) is 2.42. The molecule has 0 fully saturated rings. The van der Waals surface area contributed by atoms with Crippen LogP contribution in [0.1, 0.15) is 18.5 Å². The largest absolute Gasteiger partial charge is 0.329 e. The van der Waals surface area contributed by atoms with Crippen LogP contribution in [0.25, 0.3) is 10.8 Å². The number of nitrogens with two attached hydrogens (primary N) is 1. The van der Waals surface area contributed by atoms with E-state index in [1.54, 1.807) is 0 Å². The molecule has 2 aromatic rings. The first-order chi connectivity index (χ1) is 8.27. The van der Waals surface area contributed by atoms with Crippen LogP contribution in [0.2, 0.25) is 0 Å². The highest BCUT2D eigenvalue weighted by Crippen LogP contribution is 2.25. The minimum atomic E-state index is 0.235. The smallest absolute Gasteiger partial charge is 0.0488 e. The van der Waals surface area contributed by atoms with Crippen molar-refractivity contribution in [3.05, 3.63) is 42.2 Å². The maximum Gasteiger partial charge on any atom is 0.0488 e. The number of aromatic nitrogens is 1. The average molecular weight is 229 g/mol. The number of rotatable bonds is 4. The van der Waals surface area contributed by atoms with E-state index < -0.39 is 0 Å². The van der Waals surface area contributed by atoms with Crippen molar-refractivity contribution in [2.24, 2.45) is 5.73 Å². The molecule has 17 heavy (non-hydrogen) atoms. The Morgan fingerprint density at radius 1 is 1.29 bits per heavy atom. The van der Waals surface area contributed by atoms with Crippen LogP contribution in [-0.4, -0.2) is 30.0 Å². The highest BCUT2D eigenvalue weighted by atomic mass is 15.1. The van der Waals surface area contributed by atoms with E-state index in [-0.39, 0.29) is 6.04 Å². The summed E-state index contributed by atoms with van der Waals surface area (Å²) in [6.45, 7) is 3.73. The van der Waals surface area contributed by atoms with Gasteiger partial charge in [-0.3, -0.25) is 9.88 Å². The van der Waals surface area contributed by atoms with Crippen molar-refractivity contribution in [2.75, 3.05) is 20.1 Å². The molecule has 90 valence electrons. The van der Waals surface area contributed by atoms with Crippen LogP contribution in [0.5, 0.6) is 0 Å². The summed E-state index contributed by atoms with van der Waals surface area (Å²) in [6, 6.07) is 8.56. The molecule has 3 nitrogen and oxygen atoms in total. The van der Waals surface area contributed by atoms with E-state index in [1.807, 2.05) is 18.5 Å². The number of pyridine rings is 1. The summed E-state index contributed by atoms with van der Waals surface area (Å²) in [6.07, 6.45) is 3.84. The number of likely N-dealkylation sites (N-methyl/N-ethyl adjacent to an activating group) is 1. The van der Waals surface area contributed by atoms with E-state index in [4.69, 9.17) is 5.73 Å². The molecule has 1 unspecified atom stereocenters. The van der Waals surface area contributed by atoms with E-state index in [0.29, 0.717) is 6.54 Å². The van der Waals surface area contributed by atoms with Gasteiger partial charge in [-0.25, -0.2) is 0 Å². The Hall–Kier alpha value is -1.45. The van der Waals surface area contributed by atoms with Gasteiger partial charge in [0.15, 0.2) is 0 Å². The Kier molecular flexibility index (Phi) is 3.71. The standard InChI is InChI=1S/C14H19N3/c1-3-17(2)14(8-15)13-10-16-9-11-6-4-5-7-12(11)13/h4-7,9-10,14H,3,8,15H2,1-2H3. The molecule has 0 spiro atoms. The summed E-state index contributed by atoms with van der Waals surface area (Å²) in [5.41, 5.74) is 7.12. The van der Waals surface area contributed by atoms with Crippen molar-refractivity contribution in [2.45, 2.75) is 13.0 Å². The quantitative estimate of drug-likeness (QED) is 0.873. The van der Waals surface area contributed by atoms with Gasteiger partial charge in [0.05, 0.1) is 0 Å². The zero-order valence-electron chi connectivity index (χ0n) is 10.4. The predicted molar refractivity (Wildman–Crippen MR) is 71.8 cm³/mol. The lowest BCUT2D eigenvalue weighted by Gasteiger charge is -2.26. The van der Waals surface area contributed by atoms with Gasteiger partial charge in [-0.1, -0.05) is 31.2 Å². The Morgan fingerprint density at radius 2 is 2.06 bits per heavy atom. The first kappa shape index (κ1) is 12.0. The molecule has 1 atom stereocenters. The molecule has 1 aromatic heterocycles. The Morgan fingerprint density at radius 3 is 2.76 bits per heavy atom. The summed E-state index contributed by atoms with van der Waals surface area (Å²) in [4.78, 5) is 6.57. The van der Waals surface area contributed by atoms with E-state index in [2.05, 4.69) is 42.1 Å². The van der Waals surface area contributed by atoms with Crippen molar-refractivity contribution in [3.63, 3.8) is 0 Å². The van der Waals surface area contributed by atoms with Gasteiger partial charge < -0.3 is 5.73 Å². The predicted octanol–water partition coefficient (Wildman–Crippen LogP) is 2.19. The Balaban J connectivity index is 2.53. The number of hydrogen-bond acceptors (Lipinski definition) is 3. The van der Waals surface area contributed by atoms with Crippen molar-refractivity contribution >= 4 is 10.8 Å². The highest BCUT2D eigenvalue weighted by molar-refractivity contribution is 5.85. The van der Waals surface area contributed by atoms with Gasteiger partial charge in [-0.15, -0.1) is 0 Å². The summed E-state index contributed by atoms with van der Waals surface area (Å²) >= 11 is 0. The maximum atomic E-state index is 5.90. The number of hydrogen-bond donors (Lipinski definition) is 1.